The molecule has 2 rings (SSSR count). The zero-order valence-corrected chi connectivity index (χ0v) is 25.1. The Morgan fingerprint density at radius 3 is 1.61 bits per heavy atom. The first-order chi connectivity index (χ1) is 16.7. The van der Waals surface area contributed by atoms with Gasteiger partial charge in [0.2, 0.25) is 11.8 Å². The van der Waals surface area contributed by atoms with Crippen LogP contribution in [0.5, 0.6) is 0 Å². The average molecular weight is 497 g/mol. The van der Waals surface area contributed by atoms with Crippen LogP contribution in [0.4, 0.5) is 0 Å². The van der Waals surface area contributed by atoms with Crippen molar-refractivity contribution in [3.63, 3.8) is 0 Å². The van der Waals surface area contributed by atoms with Crippen LogP contribution >= 0.6 is 0 Å². The summed E-state index contributed by atoms with van der Waals surface area (Å²) < 4.78 is 0. The van der Waals surface area contributed by atoms with E-state index in [4.69, 9.17) is 0 Å². The lowest BCUT2D eigenvalue weighted by Crippen LogP contribution is -2.47. The van der Waals surface area contributed by atoms with Crippen LogP contribution in [0.25, 0.3) is 0 Å². The van der Waals surface area contributed by atoms with Gasteiger partial charge in [-0.25, -0.2) is 0 Å². The monoisotopic (exact) mass is 496 g/mol. The molecule has 2 amide bonds. The standard InChI is InChI=1S/C32H52N2O2/c1-12-13-14-15-28(30(36)33-19-18-32(11)26(8)22(4)23(5)27(32)9)34-29(35)16-17-31(10)24(6)20(2)21(3)25(31)7/h28H,12-19H2,1-11H3,(H,33,36)(H,34,35)/t28-/m0/s1. The lowest BCUT2D eigenvalue weighted by Gasteiger charge is -2.30. The van der Waals surface area contributed by atoms with Gasteiger partial charge in [-0.15, -0.1) is 0 Å². The summed E-state index contributed by atoms with van der Waals surface area (Å²) in [5, 5.41) is 6.24. The second-order valence-corrected chi connectivity index (χ2v) is 11.8. The lowest BCUT2D eigenvalue weighted by molar-refractivity contribution is -0.129. The van der Waals surface area contributed by atoms with Gasteiger partial charge in [0.1, 0.15) is 6.04 Å². The summed E-state index contributed by atoms with van der Waals surface area (Å²) in [5.41, 5.74) is 10.9. The van der Waals surface area contributed by atoms with Crippen molar-refractivity contribution in [2.24, 2.45) is 10.8 Å². The van der Waals surface area contributed by atoms with Gasteiger partial charge in [-0.05, 0) is 96.9 Å². The number of carbonyl (C=O) groups excluding carboxylic acids is 2. The molecule has 4 heteroatoms. The van der Waals surface area contributed by atoms with Crippen LogP contribution in [0, 0.1) is 10.8 Å². The first kappa shape index (κ1) is 30.1. The minimum Gasteiger partial charge on any atom is -0.354 e. The number of hydrogen-bond acceptors (Lipinski definition) is 2. The van der Waals surface area contributed by atoms with Crippen molar-refractivity contribution in [3.8, 4) is 0 Å². The van der Waals surface area contributed by atoms with E-state index in [9.17, 15) is 9.59 Å². The molecular weight excluding hydrogens is 444 g/mol. The Balaban J connectivity index is 2.00. The van der Waals surface area contributed by atoms with Crippen LogP contribution in [0.1, 0.15) is 121 Å². The van der Waals surface area contributed by atoms with Gasteiger partial charge in [-0.1, -0.05) is 62.3 Å². The fourth-order valence-electron chi connectivity index (χ4n) is 6.15. The quantitative estimate of drug-likeness (QED) is 0.272. The maximum atomic E-state index is 13.2. The molecule has 36 heavy (non-hydrogen) atoms. The lowest BCUT2D eigenvalue weighted by atomic mass is 9.75. The zero-order valence-electron chi connectivity index (χ0n) is 25.1. The molecule has 4 nitrogen and oxygen atoms in total. The third kappa shape index (κ3) is 5.89. The van der Waals surface area contributed by atoms with E-state index in [0.717, 1.165) is 32.1 Å². The molecule has 0 aliphatic heterocycles. The SMILES string of the molecule is CCCCC[C@H](NC(=O)CCC1(C)C(C)=C(C)C(C)=C1C)C(=O)NCCC1(C)C(C)=C(C)C(C)=C1C. The van der Waals surface area contributed by atoms with E-state index < -0.39 is 6.04 Å². The predicted molar refractivity (Wildman–Crippen MR) is 153 cm³/mol. The molecule has 0 heterocycles. The maximum Gasteiger partial charge on any atom is 0.242 e. The Kier molecular flexibility index (Phi) is 10.0. The third-order valence-corrected chi connectivity index (χ3v) is 10.2. The minimum atomic E-state index is -0.467. The average Bonchev–Trinajstić information content (AvgIpc) is 3.09. The van der Waals surface area contributed by atoms with Crippen LogP contribution in [-0.4, -0.2) is 24.4 Å². The third-order valence-electron chi connectivity index (χ3n) is 10.2. The van der Waals surface area contributed by atoms with E-state index in [0.29, 0.717) is 19.4 Å². The number of unbranched alkanes of at least 4 members (excludes halogenated alkanes) is 2. The second kappa shape index (κ2) is 12.0. The normalized spacial score (nSPS) is 20.0. The van der Waals surface area contributed by atoms with E-state index in [1.807, 2.05) is 0 Å². The van der Waals surface area contributed by atoms with Crippen LogP contribution in [0.3, 0.4) is 0 Å². The summed E-state index contributed by atoms with van der Waals surface area (Å²) in [6.07, 6.45) is 5.84. The molecule has 2 N–H and O–H groups in total. The summed E-state index contributed by atoms with van der Waals surface area (Å²) in [5.74, 6) is -0.0779. The summed E-state index contributed by atoms with van der Waals surface area (Å²) in [7, 11) is 0. The van der Waals surface area contributed by atoms with Crippen LogP contribution in [0.2, 0.25) is 0 Å². The molecule has 2 aliphatic carbocycles. The van der Waals surface area contributed by atoms with Crippen LogP contribution in [0.15, 0.2) is 44.6 Å². The molecule has 0 aromatic carbocycles. The van der Waals surface area contributed by atoms with Gasteiger partial charge in [0.15, 0.2) is 0 Å². The molecule has 0 aromatic rings. The molecule has 202 valence electrons. The summed E-state index contributed by atoms with van der Waals surface area (Å²) >= 11 is 0. The predicted octanol–water partition coefficient (Wildman–Crippen LogP) is 7.72. The van der Waals surface area contributed by atoms with E-state index >= 15 is 0 Å². The molecule has 0 unspecified atom stereocenters. The fourth-order valence-corrected chi connectivity index (χ4v) is 6.15. The van der Waals surface area contributed by atoms with Crippen molar-refractivity contribution in [3.05, 3.63) is 44.6 Å². The number of rotatable bonds is 12. The van der Waals surface area contributed by atoms with Crippen LogP contribution in [-0.2, 0) is 9.59 Å². The highest BCUT2D eigenvalue weighted by Crippen LogP contribution is 2.49. The van der Waals surface area contributed by atoms with Crippen molar-refractivity contribution in [1.29, 1.82) is 0 Å². The number of hydrogen-bond donors (Lipinski definition) is 2. The Bertz CT molecular complexity index is 957. The molecule has 1 atom stereocenters. The van der Waals surface area contributed by atoms with Gasteiger partial charge < -0.3 is 10.6 Å². The smallest absolute Gasteiger partial charge is 0.242 e. The van der Waals surface area contributed by atoms with Gasteiger partial charge in [-0.3, -0.25) is 9.59 Å². The highest BCUT2D eigenvalue weighted by atomic mass is 16.2. The largest absolute Gasteiger partial charge is 0.354 e. The molecule has 0 spiro atoms. The van der Waals surface area contributed by atoms with E-state index in [1.165, 1.54) is 44.6 Å². The Morgan fingerprint density at radius 2 is 1.17 bits per heavy atom. The second-order valence-electron chi connectivity index (χ2n) is 11.8. The van der Waals surface area contributed by atoms with E-state index in [-0.39, 0.29) is 22.6 Å². The Morgan fingerprint density at radius 1 is 0.722 bits per heavy atom. The summed E-state index contributed by atoms with van der Waals surface area (Å²) in [4.78, 5) is 26.2. The van der Waals surface area contributed by atoms with E-state index in [2.05, 4.69) is 86.8 Å². The zero-order chi connectivity index (χ0) is 27.4. The molecular formula is C32H52N2O2. The topological polar surface area (TPSA) is 58.2 Å². The molecule has 0 fully saturated rings. The van der Waals surface area contributed by atoms with Gasteiger partial charge in [0.25, 0.3) is 0 Å². The highest BCUT2D eigenvalue weighted by Gasteiger charge is 2.37. The van der Waals surface area contributed by atoms with Gasteiger partial charge >= 0.3 is 0 Å². The highest BCUT2D eigenvalue weighted by molar-refractivity contribution is 5.87. The number of amides is 2. The molecule has 0 bridgehead atoms. The first-order valence-electron chi connectivity index (χ1n) is 14.0. The van der Waals surface area contributed by atoms with Crippen molar-refractivity contribution < 1.29 is 9.59 Å². The van der Waals surface area contributed by atoms with Crippen molar-refractivity contribution in [2.75, 3.05) is 6.54 Å². The molecule has 0 aromatic heterocycles. The Hall–Kier alpha value is -2.10. The Labute approximate surface area is 221 Å². The summed E-state index contributed by atoms with van der Waals surface area (Å²) in [6.45, 7) is 24.8. The van der Waals surface area contributed by atoms with Crippen molar-refractivity contribution >= 4 is 11.8 Å². The molecule has 0 saturated carbocycles. The van der Waals surface area contributed by atoms with Crippen LogP contribution < -0.4 is 10.6 Å². The number of allylic oxidation sites excluding steroid dienone is 8. The van der Waals surface area contributed by atoms with Crippen molar-refractivity contribution in [1.82, 2.24) is 10.6 Å². The number of carbonyl (C=O) groups is 2. The van der Waals surface area contributed by atoms with Gasteiger partial charge in [-0.2, -0.15) is 0 Å². The number of nitrogens with one attached hydrogen (secondary N) is 2. The van der Waals surface area contributed by atoms with Gasteiger partial charge in [0, 0.05) is 23.8 Å². The first-order valence-corrected chi connectivity index (χ1v) is 14.0. The van der Waals surface area contributed by atoms with Gasteiger partial charge in [0.05, 0.1) is 0 Å². The molecule has 2 aliphatic rings. The molecule has 0 saturated heterocycles. The molecule has 0 radical (unpaired) electrons. The fraction of sp³-hybridized carbons (Fsp3) is 0.688. The maximum absolute atomic E-state index is 13.2. The minimum absolute atomic E-state index is 0.00779. The van der Waals surface area contributed by atoms with Crippen molar-refractivity contribution in [2.45, 2.75) is 127 Å². The van der Waals surface area contributed by atoms with E-state index in [1.54, 1.807) is 0 Å². The summed E-state index contributed by atoms with van der Waals surface area (Å²) in [6, 6.07) is -0.467.